The van der Waals surface area contributed by atoms with Crippen LogP contribution in [-0.2, 0) is 0 Å². The third kappa shape index (κ3) is 5.80. The standard InChI is InChI=1S/C8H13ClN2/c1-3-4-8(5-10-2)6-11-7-9/h5-6H,2-4,7H2,1H3/b8-5-,11-6-. The van der Waals surface area contributed by atoms with E-state index >= 15 is 0 Å². The summed E-state index contributed by atoms with van der Waals surface area (Å²) in [5, 5.41) is 0. The molecule has 3 heteroatoms. The minimum Gasteiger partial charge on any atom is -0.277 e. The zero-order valence-corrected chi connectivity index (χ0v) is 7.51. The van der Waals surface area contributed by atoms with Crippen molar-refractivity contribution in [3.63, 3.8) is 0 Å². The Balaban J connectivity index is 3.98. The summed E-state index contributed by atoms with van der Waals surface area (Å²) in [4.78, 5) is 7.55. The van der Waals surface area contributed by atoms with Gasteiger partial charge in [-0.3, -0.25) is 9.98 Å². The van der Waals surface area contributed by atoms with Crippen LogP contribution in [0.15, 0.2) is 21.8 Å². The van der Waals surface area contributed by atoms with E-state index in [1.807, 2.05) is 0 Å². The van der Waals surface area contributed by atoms with Gasteiger partial charge in [-0.1, -0.05) is 13.3 Å². The third-order valence-electron chi connectivity index (χ3n) is 1.12. The quantitative estimate of drug-likeness (QED) is 0.346. The molecule has 0 aromatic rings. The van der Waals surface area contributed by atoms with Crippen LogP contribution in [-0.4, -0.2) is 18.9 Å². The number of rotatable bonds is 5. The first-order chi connectivity index (χ1) is 5.35. The maximum atomic E-state index is 5.37. The molecule has 0 aliphatic heterocycles. The monoisotopic (exact) mass is 172 g/mol. The Morgan fingerprint density at radius 3 is 2.82 bits per heavy atom. The lowest BCUT2D eigenvalue weighted by molar-refractivity contribution is 0.935. The Hall–Kier alpha value is -0.630. The molecule has 0 aliphatic carbocycles. The van der Waals surface area contributed by atoms with E-state index in [2.05, 4.69) is 23.6 Å². The first kappa shape index (κ1) is 10.4. The van der Waals surface area contributed by atoms with Gasteiger partial charge >= 0.3 is 0 Å². The lowest BCUT2D eigenvalue weighted by atomic mass is 10.2. The number of nitrogens with zero attached hydrogens (tertiary/aromatic N) is 2. The summed E-state index contributed by atoms with van der Waals surface area (Å²) in [7, 11) is 0. The van der Waals surface area contributed by atoms with E-state index in [4.69, 9.17) is 11.6 Å². The van der Waals surface area contributed by atoms with Gasteiger partial charge in [0.1, 0.15) is 6.00 Å². The molecule has 0 amide bonds. The molecule has 0 saturated carbocycles. The van der Waals surface area contributed by atoms with Gasteiger partial charge in [-0.05, 0) is 18.7 Å². The Morgan fingerprint density at radius 1 is 1.64 bits per heavy atom. The molecule has 0 aliphatic rings. The minimum absolute atomic E-state index is 0.304. The van der Waals surface area contributed by atoms with Crippen LogP contribution in [0.5, 0.6) is 0 Å². The van der Waals surface area contributed by atoms with Crippen LogP contribution in [0.2, 0.25) is 0 Å². The van der Waals surface area contributed by atoms with Crippen molar-refractivity contribution >= 4 is 24.5 Å². The normalized spacial score (nSPS) is 12.4. The van der Waals surface area contributed by atoms with Crippen LogP contribution < -0.4 is 0 Å². The van der Waals surface area contributed by atoms with E-state index in [0.717, 1.165) is 18.4 Å². The van der Waals surface area contributed by atoms with Crippen molar-refractivity contribution in [2.24, 2.45) is 9.98 Å². The highest BCUT2D eigenvalue weighted by Crippen LogP contribution is 2.01. The second-order valence-electron chi connectivity index (χ2n) is 2.07. The molecule has 0 N–H and O–H groups in total. The summed E-state index contributed by atoms with van der Waals surface area (Å²) < 4.78 is 0. The molecule has 0 unspecified atom stereocenters. The third-order valence-corrected chi connectivity index (χ3v) is 1.26. The van der Waals surface area contributed by atoms with Crippen molar-refractivity contribution in [2.45, 2.75) is 19.8 Å². The zero-order valence-electron chi connectivity index (χ0n) is 6.76. The van der Waals surface area contributed by atoms with Gasteiger partial charge < -0.3 is 0 Å². The van der Waals surface area contributed by atoms with Gasteiger partial charge in [0, 0.05) is 12.4 Å². The summed E-state index contributed by atoms with van der Waals surface area (Å²) in [6.45, 7) is 5.47. The first-order valence-corrected chi connectivity index (χ1v) is 4.09. The molecular formula is C8H13ClN2. The lowest BCUT2D eigenvalue weighted by Crippen LogP contribution is -1.84. The zero-order chi connectivity index (χ0) is 8.53. The molecule has 0 spiro atoms. The van der Waals surface area contributed by atoms with Crippen molar-refractivity contribution in [1.82, 2.24) is 0 Å². The molecule has 0 aromatic carbocycles. The predicted molar refractivity (Wildman–Crippen MR) is 51.8 cm³/mol. The molecule has 0 atom stereocenters. The van der Waals surface area contributed by atoms with Gasteiger partial charge in [0.05, 0.1) is 0 Å². The van der Waals surface area contributed by atoms with Gasteiger partial charge in [0.2, 0.25) is 0 Å². The van der Waals surface area contributed by atoms with Gasteiger partial charge in [-0.25, -0.2) is 0 Å². The molecule has 0 heterocycles. The fraction of sp³-hybridized carbons (Fsp3) is 0.500. The summed E-state index contributed by atoms with van der Waals surface area (Å²) in [5.41, 5.74) is 1.07. The van der Waals surface area contributed by atoms with Crippen molar-refractivity contribution in [3.05, 3.63) is 11.8 Å². The van der Waals surface area contributed by atoms with Gasteiger partial charge in [-0.15, -0.1) is 11.6 Å². The highest BCUT2D eigenvalue weighted by molar-refractivity contribution is 6.18. The molecule has 0 rings (SSSR count). The minimum atomic E-state index is 0.304. The number of alkyl halides is 1. The van der Waals surface area contributed by atoms with Crippen molar-refractivity contribution in [2.75, 3.05) is 6.00 Å². The SMILES string of the molecule is C=N/C=C(\C=N/CCl)CCC. The van der Waals surface area contributed by atoms with Crippen molar-refractivity contribution < 1.29 is 0 Å². The number of halogens is 1. The van der Waals surface area contributed by atoms with E-state index < -0.39 is 0 Å². The van der Waals surface area contributed by atoms with Crippen molar-refractivity contribution in [1.29, 1.82) is 0 Å². The average molecular weight is 173 g/mol. The summed E-state index contributed by atoms with van der Waals surface area (Å²) in [6.07, 6.45) is 5.50. The topological polar surface area (TPSA) is 24.7 Å². The highest BCUT2D eigenvalue weighted by atomic mass is 35.5. The molecule has 0 aromatic heterocycles. The van der Waals surface area contributed by atoms with Crippen LogP contribution in [0.3, 0.4) is 0 Å². The second-order valence-corrected chi connectivity index (χ2v) is 2.31. The summed E-state index contributed by atoms with van der Waals surface area (Å²) >= 11 is 5.37. The van der Waals surface area contributed by atoms with Gasteiger partial charge in [0.15, 0.2) is 0 Å². The molecular weight excluding hydrogens is 160 g/mol. The van der Waals surface area contributed by atoms with E-state index in [1.54, 1.807) is 12.4 Å². The largest absolute Gasteiger partial charge is 0.277 e. The van der Waals surface area contributed by atoms with Crippen LogP contribution >= 0.6 is 11.6 Å². The van der Waals surface area contributed by atoms with Crippen LogP contribution in [0.25, 0.3) is 0 Å². The number of hydrogen-bond acceptors (Lipinski definition) is 2. The summed E-state index contributed by atoms with van der Waals surface area (Å²) in [5.74, 6) is 0. The second kappa shape index (κ2) is 7.48. The van der Waals surface area contributed by atoms with Crippen LogP contribution in [0.4, 0.5) is 0 Å². The number of aliphatic imine (C=N–C) groups is 2. The van der Waals surface area contributed by atoms with Crippen LogP contribution in [0, 0.1) is 0 Å². The first-order valence-electron chi connectivity index (χ1n) is 3.55. The van der Waals surface area contributed by atoms with E-state index in [9.17, 15) is 0 Å². The predicted octanol–water partition coefficient (Wildman–Crippen LogP) is 2.64. The number of allylic oxidation sites excluding steroid dienone is 1. The molecule has 11 heavy (non-hydrogen) atoms. The molecule has 0 radical (unpaired) electrons. The lowest BCUT2D eigenvalue weighted by Gasteiger charge is -1.94. The van der Waals surface area contributed by atoms with Gasteiger partial charge in [-0.2, -0.15) is 0 Å². The molecule has 62 valence electrons. The maximum absolute atomic E-state index is 5.37. The Bertz CT molecular complexity index is 161. The molecule has 2 nitrogen and oxygen atoms in total. The molecule has 0 saturated heterocycles. The smallest absolute Gasteiger partial charge is 0.113 e. The fourth-order valence-electron chi connectivity index (χ4n) is 0.720. The Labute approximate surface area is 72.7 Å². The van der Waals surface area contributed by atoms with E-state index in [-0.39, 0.29) is 0 Å². The van der Waals surface area contributed by atoms with E-state index in [0.29, 0.717) is 6.00 Å². The molecule has 0 bridgehead atoms. The number of hydrogen-bond donors (Lipinski definition) is 0. The Morgan fingerprint density at radius 2 is 2.36 bits per heavy atom. The van der Waals surface area contributed by atoms with Gasteiger partial charge in [0.25, 0.3) is 0 Å². The van der Waals surface area contributed by atoms with E-state index in [1.165, 1.54) is 0 Å². The fourth-order valence-corrected chi connectivity index (χ4v) is 0.789. The Kier molecular flexibility index (Phi) is 7.05. The van der Waals surface area contributed by atoms with Crippen LogP contribution in [0.1, 0.15) is 19.8 Å². The molecule has 0 fully saturated rings. The highest BCUT2D eigenvalue weighted by Gasteiger charge is 1.88. The summed E-state index contributed by atoms with van der Waals surface area (Å²) in [6, 6.07) is 0.304. The maximum Gasteiger partial charge on any atom is 0.113 e. The van der Waals surface area contributed by atoms with Crippen molar-refractivity contribution in [3.8, 4) is 0 Å². The average Bonchev–Trinajstić information content (AvgIpc) is 2.01.